The van der Waals surface area contributed by atoms with Crippen LogP contribution >= 0.6 is 0 Å². The first-order chi connectivity index (χ1) is 13.2. The van der Waals surface area contributed by atoms with E-state index in [4.69, 9.17) is 9.47 Å². The SMILES string of the molecule is O=Cc1ccccc1OCC(=O)N(Cc1cccc(F)c1)CC1CCCO1. The quantitative estimate of drug-likeness (QED) is 0.669. The van der Waals surface area contributed by atoms with Crippen LogP contribution in [0, 0.1) is 5.82 Å². The molecule has 0 spiro atoms. The van der Waals surface area contributed by atoms with Crippen LogP contribution in [0.3, 0.4) is 0 Å². The highest BCUT2D eigenvalue weighted by molar-refractivity contribution is 5.81. The van der Waals surface area contributed by atoms with E-state index < -0.39 is 0 Å². The molecule has 1 atom stereocenters. The summed E-state index contributed by atoms with van der Waals surface area (Å²) < 4.78 is 24.7. The fourth-order valence-electron chi connectivity index (χ4n) is 3.08. The molecule has 1 heterocycles. The fraction of sp³-hybridized carbons (Fsp3) is 0.333. The number of hydrogen-bond acceptors (Lipinski definition) is 4. The molecule has 6 heteroatoms. The molecular weight excluding hydrogens is 349 g/mol. The van der Waals surface area contributed by atoms with E-state index in [0.717, 1.165) is 12.8 Å². The van der Waals surface area contributed by atoms with Crippen LogP contribution in [0.4, 0.5) is 4.39 Å². The van der Waals surface area contributed by atoms with E-state index in [1.807, 2.05) is 0 Å². The zero-order valence-electron chi connectivity index (χ0n) is 15.0. The minimum atomic E-state index is -0.340. The van der Waals surface area contributed by atoms with Gasteiger partial charge in [-0.25, -0.2) is 4.39 Å². The molecular formula is C21H22FNO4. The standard InChI is InChI=1S/C21H22FNO4/c22-18-7-3-5-16(11-18)12-23(13-19-8-4-10-26-19)21(25)15-27-20-9-2-1-6-17(20)14-24/h1-3,5-7,9,11,14,19H,4,8,10,12-13,15H2. The highest BCUT2D eigenvalue weighted by Gasteiger charge is 2.23. The Bertz CT molecular complexity index is 789. The summed E-state index contributed by atoms with van der Waals surface area (Å²) in [6, 6.07) is 12.9. The smallest absolute Gasteiger partial charge is 0.260 e. The Morgan fingerprint density at radius 1 is 1.26 bits per heavy atom. The highest BCUT2D eigenvalue weighted by atomic mass is 19.1. The van der Waals surface area contributed by atoms with Crippen molar-refractivity contribution < 1.29 is 23.5 Å². The molecule has 1 aliphatic rings. The number of halogens is 1. The summed E-state index contributed by atoms with van der Waals surface area (Å²) in [6.07, 6.45) is 2.53. The van der Waals surface area contributed by atoms with Crippen molar-refractivity contribution >= 4 is 12.2 Å². The van der Waals surface area contributed by atoms with Crippen LogP contribution in [0.1, 0.15) is 28.8 Å². The van der Waals surface area contributed by atoms with Crippen LogP contribution in [0.15, 0.2) is 48.5 Å². The Kier molecular flexibility index (Phi) is 6.54. The number of carbonyl (C=O) groups is 2. The Balaban J connectivity index is 1.68. The molecule has 3 rings (SSSR count). The number of amides is 1. The summed E-state index contributed by atoms with van der Waals surface area (Å²) in [5, 5.41) is 0. The van der Waals surface area contributed by atoms with E-state index in [1.165, 1.54) is 12.1 Å². The van der Waals surface area contributed by atoms with Crippen LogP contribution in [0.25, 0.3) is 0 Å². The van der Waals surface area contributed by atoms with E-state index in [0.29, 0.717) is 36.3 Å². The van der Waals surface area contributed by atoms with E-state index >= 15 is 0 Å². The molecule has 1 fully saturated rings. The molecule has 0 aromatic heterocycles. The van der Waals surface area contributed by atoms with E-state index in [1.54, 1.807) is 41.3 Å². The monoisotopic (exact) mass is 371 g/mol. The van der Waals surface area contributed by atoms with Gasteiger partial charge in [-0.2, -0.15) is 0 Å². The molecule has 0 N–H and O–H groups in total. The largest absolute Gasteiger partial charge is 0.483 e. The average Bonchev–Trinajstić information content (AvgIpc) is 3.19. The van der Waals surface area contributed by atoms with Crippen molar-refractivity contribution in [2.75, 3.05) is 19.8 Å². The third-order valence-corrected chi connectivity index (χ3v) is 4.46. The maximum Gasteiger partial charge on any atom is 0.260 e. The topological polar surface area (TPSA) is 55.8 Å². The summed E-state index contributed by atoms with van der Waals surface area (Å²) in [5.74, 6) is -0.215. The van der Waals surface area contributed by atoms with Crippen molar-refractivity contribution in [1.82, 2.24) is 4.90 Å². The lowest BCUT2D eigenvalue weighted by atomic mass is 10.1. The molecule has 0 saturated carbocycles. The van der Waals surface area contributed by atoms with Crippen molar-refractivity contribution in [2.24, 2.45) is 0 Å². The maximum atomic E-state index is 13.5. The minimum absolute atomic E-state index is 0.0234. The lowest BCUT2D eigenvalue weighted by molar-refractivity contribution is -0.135. The van der Waals surface area contributed by atoms with Gasteiger partial charge >= 0.3 is 0 Å². The predicted octanol–water partition coefficient (Wildman–Crippen LogP) is 3.22. The van der Waals surface area contributed by atoms with Crippen LogP contribution in [-0.2, 0) is 16.1 Å². The number of ether oxygens (including phenoxy) is 2. The van der Waals surface area contributed by atoms with Gasteiger partial charge in [-0.1, -0.05) is 24.3 Å². The summed E-state index contributed by atoms with van der Waals surface area (Å²) in [4.78, 5) is 25.5. The minimum Gasteiger partial charge on any atom is -0.483 e. The second kappa shape index (κ2) is 9.28. The number of para-hydroxylation sites is 1. The van der Waals surface area contributed by atoms with Crippen molar-refractivity contribution in [1.29, 1.82) is 0 Å². The van der Waals surface area contributed by atoms with Crippen LogP contribution in [0.2, 0.25) is 0 Å². The van der Waals surface area contributed by atoms with Gasteiger partial charge in [0.15, 0.2) is 12.9 Å². The number of rotatable bonds is 8. The van der Waals surface area contributed by atoms with Gasteiger partial charge in [-0.05, 0) is 42.7 Å². The summed E-state index contributed by atoms with van der Waals surface area (Å²) in [5.41, 5.74) is 1.09. The molecule has 1 amide bonds. The van der Waals surface area contributed by atoms with Crippen molar-refractivity contribution in [3.8, 4) is 5.75 Å². The summed E-state index contributed by atoms with van der Waals surface area (Å²) in [7, 11) is 0. The van der Waals surface area contributed by atoms with Crippen LogP contribution in [-0.4, -0.2) is 43.0 Å². The third kappa shape index (κ3) is 5.37. The van der Waals surface area contributed by atoms with Gasteiger partial charge in [0.05, 0.1) is 11.7 Å². The summed E-state index contributed by atoms with van der Waals surface area (Å²) in [6.45, 7) is 1.19. The Morgan fingerprint density at radius 2 is 2.11 bits per heavy atom. The molecule has 27 heavy (non-hydrogen) atoms. The predicted molar refractivity (Wildman–Crippen MR) is 98.1 cm³/mol. The molecule has 0 bridgehead atoms. The molecule has 2 aromatic carbocycles. The van der Waals surface area contributed by atoms with Gasteiger partial charge < -0.3 is 14.4 Å². The third-order valence-electron chi connectivity index (χ3n) is 4.46. The van der Waals surface area contributed by atoms with Gasteiger partial charge in [-0.15, -0.1) is 0 Å². The first kappa shape index (κ1) is 19.0. The van der Waals surface area contributed by atoms with Gasteiger partial charge in [0.25, 0.3) is 5.91 Å². The molecule has 0 radical (unpaired) electrons. The van der Waals surface area contributed by atoms with Crippen LogP contribution < -0.4 is 4.74 Å². The second-order valence-electron chi connectivity index (χ2n) is 6.48. The van der Waals surface area contributed by atoms with Gasteiger partial charge in [0.1, 0.15) is 11.6 Å². The van der Waals surface area contributed by atoms with E-state index in [9.17, 15) is 14.0 Å². The zero-order chi connectivity index (χ0) is 19.1. The normalized spacial score (nSPS) is 16.1. The lowest BCUT2D eigenvalue weighted by Crippen LogP contribution is -2.39. The number of benzene rings is 2. The van der Waals surface area contributed by atoms with Gasteiger partial charge in [0.2, 0.25) is 0 Å². The van der Waals surface area contributed by atoms with Crippen LogP contribution in [0.5, 0.6) is 5.75 Å². The fourth-order valence-corrected chi connectivity index (χ4v) is 3.08. The number of aldehydes is 1. The number of nitrogens with zero attached hydrogens (tertiary/aromatic N) is 1. The number of carbonyl (C=O) groups excluding carboxylic acids is 2. The average molecular weight is 371 g/mol. The Morgan fingerprint density at radius 3 is 2.85 bits per heavy atom. The molecule has 1 unspecified atom stereocenters. The molecule has 1 saturated heterocycles. The Labute approximate surface area is 157 Å². The zero-order valence-corrected chi connectivity index (χ0v) is 15.0. The van der Waals surface area contributed by atoms with Crippen molar-refractivity contribution in [3.05, 3.63) is 65.5 Å². The summed E-state index contributed by atoms with van der Waals surface area (Å²) >= 11 is 0. The highest BCUT2D eigenvalue weighted by Crippen LogP contribution is 2.18. The lowest BCUT2D eigenvalue weighted by Gasteiger charge is -2.26. The molecule has 142 valence electrons. The van der Waals surface area contributed by atoms with E-state index in [-0.39, 0.29) is 31.0 Å². The van der Waals surface area contributed by atoms with Gasteiger partial charge in [-0.3, -0.25) is 9.59 Å². The molecule has 2 aromatic rings. The Hall–Kier alpha value is -2.73. The number of hydrogen-bond donors (Lipinski definition) is 0. The van der Waals surface area contributed by atoms with E-state index in [2.05, 4.69) is 0 Å². The second-order valence-corrected chi connectivity index (χ2v) is 6.48. The first-order valence-electron chi connectivity index (χ1n) is 8.96. The van der Waals surface area contributed by atoms with Crippen molar-refractivity contribution in [2.45, 2.75) is 25.5 Å². The van der Waals surface area contributed by atoms with Gasteiger partial charge in [0, 0.05) is 19.7 Å². The molecule has 5 nitrogen and oxygen atoms in total. The molecule has 1 aliphatic heterocycles. The van der Waals surface area contributed by atoms with Crippen molar-refractivity contribution in [3.63, 3.8) is 0 Å². The first-order valence-corrected chi connectivity index (χ1v) is 8.96. The maximum absolute atomic E-state index is 13.5. The molecule has 0 aliphatic carbocycles.